The molecule has 0 atom stereocenters. The van der Waals surface area contributed by atoms with Crippen molar-refractivity contribution in [1.82, 2.24) is 9.38 Å². The molecule has 0 fully saturated rings. The van der Waals surface area contributed by atoms with Gasteiger partial charge in [-0.25, -0.2) is 4.98 Å². The largest absolute Gasteiger partial charge is 0.325 e. The fourth-order valence-electron chi connectivity index (χ4n) is 2.21. The van der Waals surface area contributed by atoms with E-state index in [4.69, 9.17) is 5.73 Å². The van der Waals surface area contributed by atoms with Crippen LogP contribution in [-0.4, -0.2) is 9.38 Å². The smallest absolute Gasteiger partial charge is 0.194 e. The Balaban J connectivity index is 1.89. The van der Waals surface area contributed by atoms with Crippen molar-refractivity contribution in [2.45, 2.75) is 42.7 Å². The molecule has 2 heterocycles. The van der Waals surface area contributed by atoms with Crippen LogP contribution in [0.3, 0.4) is 0 Å². The molecular weight excluding hydrogens is 298 g/mol. The normalized spacial score (nSPS) is 12.2. The van der Waals surface area contributed by atoms with E-state index >= 15 is 0 Å². The van der Waals surface area contributed by atoms with Gasteiger partial charge < -0.3 is 5.73 Å². The van der Waals surface area contributed by atoms with Crippen LogP contribution >= 0.6 is 23.1 Å². The Morgan fingerprint density at radius 1 is 1.24 bits per heavy atom. The van der Waals surface area contributed by atoms with E-state index in [1.807, 2.05) is 11.6 Å². The minimum Gasteiger partial charge on any atom is -0.325 e. The molecule has 5 heteroatoms. The van der Waals surface area contributed by atoms with Crippen molar-refractivity contribution in [3.05, 3.63) is 47.1 Å². The molecule has 1 aromatic carbocycles. The zero-order chi connectivity index (χ0) is 15.0. The number of aromatic nitrogens is 2. The summed E-state index contributed by atoms with van der Waals surface area (Å²) in [6, 6.07) is 8.73. The lowest BCUT2D eigenvalue weighted by molar-refractivity contribution is 0.590. The Bertz CT molecular complexity index is 748. The van der Waals surface area contributed by atoms with Gasteiger partial charge in [0.05, 0.1) is 5.69 Å². The highest BCUT2D eigenvalue weighted by Crippen LogP contribution is 2.33. The van der Waals surface area contributed by atoms with Crippen LogP contribution in [0.1, 0.15) is 32.0 Å². The average Bonchev–Trinajstić information content (AvgIpc) is 2.98. The SMILES string of the molecule is CC(C)(C)c1ccc(Sc2nc3sccn3c2CN)cc1. The molecule has 2 aromatic heterocycles. The highest BCUT2D eigenvalue weighted by molar-refractivity contribution is 7.99. The molecule has 2 N–H and O–H groups in total. The molecule has 3 nitrogen and oxygen atoms in total. The molecule has 21 heavy (non-hydrogen) atoms. The lowest BCUT2D eigenvalue weighted by atomic mass is 9.87. The highest BCUT2D eigenvalue weighted by atomic mass is 32.2. The predicted octanol–water partition coefficient (Wildman–Crippen LogP) is 4.30. The topological polar surface area (TPSA) is 43.3 Å². The van der Waals surface area contributed by atoms with E-state index in [-0.39, 0.29) is 5.41 Å². The summed E-state index contributed by atoms with van der Waals surface area (Å²) in [6.45, 7) is 7.18. The molecule has 0 bridgehead atoms. The number of benzene rings is 1. The minimum atomic E-state index is 0.183. The Morgan fingerprint density at radius 2 is 1.95 bits per heavy atom. The van der Waals surface area contributed by atoms with Gasteiger partial charge in [-0.05, 0) is 23.1 Å². The molecular formula is C16H19N3S2. The van der Waals surface area contributed by atoms with Crippen molar-refractivity contribution in [2.24, 2.45) is 5.73 Å². The number of rotatable bonds is 3. The molecule has 3 aromatic rings. The van der Waals surface area contributed by atoms with E-state index in [0.717, 1.165) is 15.7 Å². The fraction of sp³-hybridized carbons (Fsp3) is 0.312. The maximum atomic E-state index is 5.89. The van der Waals surface area contributed by atoms with Crippen molar-refractivity contribution in [1.29, 1.82) is 0 Å². The number of nitrogens with two attached hydrogens (primary N) is 1. The molecule has 0 radical (unpaired) electrons. The number of hydrogen-bond acceptors (Lipinski definition) is 4. The summed E-state index contributed by atoms with van der Waals surface area (Å²) in [7, 11) is 0. The molecule has 0 amide bonds. The summed E-state index contributed by atoms with van der Waals surface area (Å²) in [5.41, 5.74) is 8.49. The number of hydrogen-bond donors (Lipinski definition) is 1. The molecule has 3 rings (SSSR count). The summed E-state index contributed by atoms with van der Waals surface area (Å²) in [4.78, 5) is 6.88. The van der Waals surface area contributed by atoms with E-state index in [2.05, 4.69) is 54.4 Å². The summed E-state index contributed by atoms with van der Waals surface area (Å²) in [5.74, 6) is 0. The molecule has 110 valence electrons. The van der Waals surface area contributed by atoms with Crippen LogP contribution in [-0.2, 0) is 12.0 Å². The minimum absolute atomic E-state index is 0.183. The van der Waals surface area contributed by atoms with Gasteiger partial charge >= 0.3 is 0 Å². The van der Waals surface area contributed by atoms with E-state index < -0.39 is 0 Å². The first-order chi connectivity index (χ1) is 9.99. The number of nitrogens with zero attached hydrogens (tertiary/aromatic N) is 2. The first-order valence-electron chi connectivity index (χ1n) is 6.92. The maximum Gasteiger partial charge on any atom is 0.194 e. The lowest BCUT2D eigenvalue weighted by Crippen LogP contribution is -2.10. The van der Waals surface area contributed by atoms with Gasteiger partial charge in [0.2, 0.25) is 0 Å². The summed E-state index contributed by atoms with van der Waals surface area (Å²) < 4.78 is 2.08. The molecule has 0 saturated carbocycles. The molecule has 0 unspecified atom stereocenters. The summed E-state index contributed by atoms with van der Waals surface area (Å²) in [5, 5.41) is 3.04. The van der Waals surface area contributed by atoms with Gasteiger partial charge in [0.1, 0.15) is 5.03 Å². The van der Waals surface area contributed by atoms with Crippen LogP contribution in [0, 0.1) is 0 Å². The van der Waals surface area contributed by atoms with Crippen LogP contribution < -0.4 is 5.73 Å². The second kappa shape index (κ2) is 5.48. The summed E-state index contributed by atoms with van der Waals surface area (Å²) >= 11 is 3.32. The first-order valence-corrected chi connectivity index (χ1v) is 8.61. The third-order valence-corrected chi connectivity index (χ3v) is 5.24. The van der Waals surface area contributed by atoms with Crippen LogP contribution in [0.15, 0.2) is 45.8 Å². The Labute approximate surface area is 133 Å². The lowest BCUT2D eigenvalue weighted by Gasteiger charge is -2.18. The second-order valence-electron chi connectivity index (χ2n) is 6.00. The van der Waals surface area contributed by atoms with Gasteiger partial charge in [0.15, 0.2) is 4.96 Å². The van der Waals surface area contributed by atoms with Crippen LogP contribution in [0.25, 0.3) is 4.96 Å². The van der Waals surface area contributed by atoms with Crippen molar-refractivity contribution in [3.63, 3.8) is 0 Å². The monoisotopic (exact) mass is 317 g/mol. The highest BCUT2D eigenvalue weighted by Gasteiger charge is 2.15. The molecule has 0 aliphatic heterocycles. The average molecular weight is 317 g/mol. The van der Waals surface area contributed by atoms with Crippen molar-refractivity contribution in [2.75, 3.05) is 0 Å². The number of imidazole rings is 1. The Kier molecular flexibility index (Phi) is 3.82. The van der Waals surface area contributed by atoms with Crippen LogP contribution in [0.2, 0.25) is 0 Å². The van der Waals surface area contributed by atoms with E-state index in [1.54, 1.807) is 23.1 Å². The van der Waals surface area contributed by atoms with Gasteiger partial charge in [0, 0.05) is 23.0 Å². The third kappa shape index (κ3) is 2.86. The second-order valence-corrected chi connectivity index (χ2v) is 7.94. The van der Waals surface area contributed by atoms with Crippen LogP contribution in [0.5, 0.6) is 0 Å². The maximum absolute atomic E-state index is 5.89. The van der Waals surface area contributed by atoms with Gasteiger partial charge in [-0.3, -0.25) is 4.40 Å². The molecule has 0 spiro atoms. The Hall–Kier alpha value is -1.30. The molecule has 0 saturated heterocycles. The van der Waals surface area contributed by atoms with Crippen LogP contribution in [0.4, 0.5) is 0 Å². The quantitative estimate of drug-likeness (QED) is 0.783. The van der Waals surface area contributed by atoms with Gasteiger partial charge in [-0.2, -0.15) is 0 Å². The van der Waals surface area contributed by atoms with E-state index in [0.29, 0.717) is 6.54 Å². The fourth-order valence-corrected chi connectivity index (χ4v) is 3.93. The zero-order valence-electron chi connectivity index (χ0n) is 12.5. The van der Waals surface area contributed by atoms with Gasteiger partial charge in [-0.1, -0.05) is 44.7 Å². The Morgan fingerprint density at radius 3 is 2.57 bits per heavy atom. The molecule has 0 aliphatic carbocycles. The number of fused-ring (bicyclic) bond motifs is 1. The third-order valence-electron chi connectivity index (χ3n) is 3.45. The van der Waals surface area contributed by atoms with Crippen molar-refractivity contribution < 1.29 is 0 Å². The zero-order valence-corrected chi connectivity index (χ0v) is 14.1. The predicted molar refractivity (Wildman–Crippen MR) is 90.2 cm³/mol. The molecule has 0 aliphatic rings. The van der Waals surface area contributed by atoms with Crippen molar-refractivity contribution >= 4 is 28.1 Å². The van der Waals surface area contributed by atoms with Gasteiger partial charge in [-0.15, -0.1) is 11.3 Å². The standard InChI is InChI=1S/C16H19N3S2/c1-16(2,3)11-4-6-12(7-5-11)21-14-13(10-17)19-8-9-20-15(19)18-14/h4-9H,10,17H2,1-3H3. The van der Waals surface area contributed by atoms with Gasteiger partial charge in [0.25, 0.3) is 0 Å². The van der Waals surface area contributed by atoms with E-state index in [9.17, 15) is 0 Å². The first kappa shape index (κ1) is 14.6. The van der Waals surface area contributed by atoms with Crippen molar-refractivity contribution in [3.8, 4) is 0 Å². The summed E-state index contributed by atoms with van der Waals surface area (Å²) in [6.07, 6.45) is 2.03. The number of thiazole rings is 1. The van der Waals surface area contributed by atoms with E-state index in [1.165, 1.54) is 10.5 Å².